The molecule has 0 saturated carbocycles. The maximum atomic E-state index is 12.3. The summed E-state index contributed by atoms with van der Waals surface area (Å²) in [6.45, 7) is 11.5. The maximum Gasteiger partial charge on any atom is 0.228 e. The second-order valence-corrected chi connectivity index (χ2v) is 11.0. The van der Waals surface area contributed by atoms with Crippen molar-refractivity contribution >= 4 is 9.91 Å². The summed E-state index contributed by atoms with van der Waals surface area (Å²) in [7, 11) is -5.13. The number of benzene rings is 1. The topological polar surface area (TPSA) is 66.8 Å². The third-order valence-corrected chi connectivity index (χ3v) is 7.30. The third-order valence-electron chi connectivity index (χ3n) is 5.18. The van der Waals surface area contributed by atoms with Gasteiger partial charge >= 0.3 is 0 Å². The lowest BCUT2D eigenvalue weighted by Gasteiger charge is -2.45. The molecule has 0 radical (unpaired) electrons. The van der Waals surface area contributed by atoms with Crippen LogP contribution in [-0.2, 0) is 19.5 Å². The van der Waals surface area contributed by atoms with Crippen LogP contribution in [0.3, 0.4) is 0 Å². The van der Waals surface area contributed by atoms with E-state index < -0.39 is 15.2 Å². The van der Waals surface area contributed by atoms with Gasteiger partial charge in [-0.2, -0.15) is 4.21 Å². The summed E-state index contributed by atoms with van der Waals surface area (Å²) in [5, 5.41) is -0.919. The fourth-order valence-electron chi connectivity index (χ4n) is 3.19. The van der Waals surface area contributed by atoms with E-state index in [2.05, 4.69) is 39.8 Å². The highest BCUT2D eigenvalue weighted by Crippen LogP contribution is 2.49. The molecule has 1 aliphatic carbocycles. The summed E-state index contributed by atoms with van der Waals surface area (Å²) in [5.74, 6) is 0.226. The van der Waals surface area contributed by atoms with Crippen LogP contribution < -0.4 is 0 Å². The summed E-state index contributed by atoms with van der Waals surface area (Å²) in [6, 6.07) is 8.27. The molecule has 1 unspecified atom stereocenters. The van der Waals surface area contributed by atoms with Gasteiger partial charge in [0.05, 0.1) is 5.25 Å². The molecule has 25 heavy (non-hydrogen) atoms. The summed E-state index contributed by atoms with van der Waals surface area (Å²) in [4.78, 5) is 0. The van der Waals surface area contributed by atoms with Gasteiger partial charge in [-0.05, 0) is 55.9 Å². The van der Waals surface area contributed by atoms with Gasteiger partial charge in [0, 0.05) is 5.41 Å². The van der Waals surface area contributed by atoms with Crippen LogP contribution in [0.2, 0.25) is 0 Å². The predicted octanol–water partition coefficient (Wildman–Crippen LogP) is 5.23. The highest BCUT2D eigenvalue weighted by molar-refractivity contribution is 8.06. The van der Waals surface area contributed by atoms with Crippen LogP contribution in [0.1, 0.15) is 52.2 Å². The van der Waals surface area contributed by atoms with Gasteiger partial charge in [-0.15, -0.1) is 0 Å². The van der Waals surface area contributed by atoms with Crippen LogP contribution in [0.5, 0.6) is 0 Å². The van der Waals surface area contributed by atoms with Crippen molar-refractivity contribution in [3.8, 4) is 0 Å². The number of hydrogen-bond acceptors (Lipinski definition) is 2. The summed E-state index contributed by atoms with van der Waals surface area (Å²) in [5.41, 5.74) is 2.09. The van der Waals surface area contributed by atoms with E-state index in [1.807, 2.05) is 18.2 Å². The Kier molecular flexibility index (Phi) is 4.83. The number of hydrogen-bond donors (Lipinski definition) is 2. The standard InChI is InChI=1S/C20H30O4S/c1-15(2)25(21,22,23)24-17-11-13-20(14-12-17,19(4,5)6)18-10-8-7-9-16(18)3/h7-13,15H,14H2,1-6H3,(H2,21,22,23). The van der Waals surface area contributed by atoms with E-state index in [1.165, 1.54) is 25.0 Å². The van der Waals surface area contributed by atoms with Gasteiger partial charge in [-0.1, -0.05) is 51.1 Å². The van der Waals surface area contributed by atoms with E-state index in [-0.39, 0.29) is 16.6 Å². The van der Waals surface area contributed by atoms with Crippen molar-refractivity contribution in [2.45, 2.75) is 58.6 Å². The van der Waals surface area contributed by atoms with Crippen LogP contribution in [0, 0.1) is 12.3 Å². The van der Waals surface area contributed by atoms with Crippen molar-refractivity contribution in [2.75, 3.05) is 0 Å². The van der Waals surface area contributed by atoms with Gasteiger partial charge in [0.15, 0.2) is 0 Å². The molecule has 0 bridgehead atoms. The first-order valence-corrected chi connectivity index (χ1v) is 10.4. The molecule has 0 saturated heterocycles. The third kappa shape index (κ3) is 3.73. The Hall–Kier alpha value is -1.43. The van der Waals surface area contributed by atoms with Crippen molar-refractivity contribution in [1.82, 2.24) is 0 Å². The van der Waals surface area contributed by atoms with Gasteiger partial charge < -0.3 is 4.18 Å². The van der Waals surface area contributed by atoms with E-state index >= 15 is 0 Å². The molecule has 0 heterocycles. The average molecular weight is 367 g/mol. The molecule has 0 spiro atoms. The molecule has 4 nitrogen and oxygen atoms in total. The van der Waals surface area contributed by atoms with Crippen LogP contribution >= 0.6 is 0 Å². The minimum atomic E-state index is -5.13. The van der Waals surface area contributed by atoms with Crippen LogP contribution in [0.4, 0.5) is 0 Å². The van der Waals surface area contributed by atoms with E-state index in [0.717, 1.165) is 0 Å². The molecule has 0 aliphatic heterocycles. The normalized spacial score (nSPS) is 23.1. The Bertz CT molecular complexity index is 777. The van der Waals surface area contributed by atoms with E-state index in [1.54, 1.807) is 12.2 Å². The Balaban J connectivity index is 2.42. The van der Waals surface area contributed by atoms with Crippen molar-refractivity contribution in [3.05, 3.63) is 59.4 Å². The van der Waals surface area contributed by atoms with Gasteiger partial charge in [0.2, 0.25) is 9.91 Å². The maximum absolute atomic E-state index is 12.3. The Morgan fingerprint density at radius 1 is 1.20 bits per heavy atom. The summed E-state index contributed by atoms with van der Waals surface area (Å²) < 4.78 is 37.3. The van der Waals surface area contributed by atoms with E-state index in [9.17, 15) is 13.3 Å². The van der Waals surface area contributed by atoms with Gasteiger partial charge in [0.25, 0.3) is 0 Å². The van der Waals surface area contributed by atoms with E-state index in [4.69, 9.17) is 4.18 Å². The molecule has 0 amide bonds. The fraction of sp³-hybridized carbons (Fsp3) is 0.500. The molecule has 5 heteroatoms. The Morgan fingerprint density at radius 3 is 2.24 bits per heavy atom. The molecule has 2 N–H and O–H groups in total. The van der Waals surface area contributed by atoms with Crippen LogP contribution in [0.25, 0.3) is 0 Å². The van der Waals surface area contributed by atoms with Crippen molar-refractivity contribution < 1.29 is 17.5 Å². The Morgan fingerprint density at radius 2 is 1.80 bits per heavy atom. The molecular weight excluding hydrogens is 336 g/mol. The lowest BCUT2D eigenvalue weighted by atomic mass is 9.59. The summed E-state index contributed by atoms with van der Waals surface area (Å²) >= 11 is 0. The minimum absolute atomic E-state index is 0.0741. The fourth-order valence-corrected chi connectivity index (χ4v) is 3.87. The first-order valence-electron chi connectivity index (χ1n) is 8.58. The summed E-state index contributed by atoms with van der Waals surface area (Å²) in [6.07, 6.45) is 6.14. The van der Waals surface area contributed by atoms with Crippen molar-refractivity contribution in [2.24, 2.45) is 5.41 Å². The molecule has 0 fully saturated rings. The molecule has 1 aromatic carbocycles. The zero-order chi connectivity index (χ0) is 19.1. The zero-order valence-corrected chi connectivity index (χ0v) is 16.8. The molecule has 1 aliphatic rings. The number of aryl methyl sites for hydroxylation is 1. The average Bonchev–Trinajstić information content (AvgIpc) is 2.46. The van der Waals surface area contributed by atoms with Gasteiger partial charge in [-0.3, -0.25) is 9.11 Å². The zero-order valence-electron chi connectivity index (χ0n) is 15.9. The lowest BCUT2D eigenvalue weighted by molar-refractivity contribution is 0.222. The Labute approximate surface area is 151 Å². The molecule has 1 aromatic rings. The lowest BCUT2D eigenvalue weighted by Crippen LogP contribution is -2.43. The first kappa shape index (κ1) is 19.9. The highest BCUT2D eigenvalue weighted by atomic mass is 32.3. The molecule has 0 aromatic heterocycles. The van der Waals surface area contributed by atoms with Gasteiger partial charge in [-0.25, -0.2) is 0 Å². The largest absolute Gasteiger partial charge is 0.386 e. The molecular formula is C20H30O4S. The van der Waals surface area contributed by atoms with Crippen molar-refractivity contribution in [1.29, 1.82) is 0 Å². The van der Waals surface area contributed by atoms with Crippen molar-refractivity contribution in [3.63, 3.8) is 0 Å². The minimum Gasteiger partial charge on any atom is -0.386 e. The van der Waals surface area contributed by atoms with Crippen LogP contribution in [0.15, 0.2) is 48.3 Å². The van der Waals surface area contributed by atoms with E-state index in [0.29, 0.717) is 6.42 Å². The van der Waals surface area contributed by atoms with Gasteiger partial charge in [0.1, 0.15) is 5.76 Å². The monoisotopic (exact) mass is 366 g/mol. The smallest absolute Gasteiger partial charge is 0.228 e. The molecule has 2 rings (SSSR count). The highest BCUT2D eigenvalue weighted by Gasteiger charge is 2.44. The number of rotatable bonds is 4. The second kappa shape index (κ2) is 6.08. The molecule has 140 valence electrons. The quantitative estimate of drug-likeness (QED) is 0.766. The SMILES string of the molecule is Cc1ccccc1C1(C(C)(C)C)C=CC(OS(=O)(O)(O)C(C)C)=CC1. The molecule has 1 atom stereocenters. The first-order chi connectivity index (χ1) is 11.3. The second-order valence-electron chi connectivity index (χ2n) is 8.16. The predicted molar refractivity (Wildman–Crippen MR) is 104 cm³/mol. The number of allylic oxidation sites excluding steroid dienone is 3. The van der Waals surface area contributed by atoms with Crippen LogP contribution in [-0.4, -0.2) is 18.6 Å².